The molecule has 0 aliphatic carbocycles. The van der Waals surface area contributed by atoms with E-state index in [-0.39, 0.29) is 0 Å². The molecule has 1 unspecified atom stereocenters. The fourth-order valence-electron chi connectivity index (χ4n) is 2.88. The molecule has 4 nitrogen and oxygen atoms in total. The van der Waals surface area contributed by atoms with Crippen LogP contribution in [0.25, 0.3) is 0 Å². The van der Waals surface area contributed by atoms with Gasteiger partial charge >= 0.3 is 5.97 Å². The van der Waals surface area contributed by atoms with Gasteiger partial charge in [-0.25, -0.2) is 4.79 Å². The molecule has 1 aliphatic rings. The maximum atomic E-state index is 11.7. The number of thioether (sulfide) groups is 1. The predicted molar refractivity (Wildman–Crippen MR) is 88.7 cm³/mol. The first-order valence-electron chi connectivity index (χ1n) is 7.52. The maximum Gasteiger partial charge on any atom is 0.338 e. The number of anilines is 1. The van der Waals surface area contributed by atoms with E-state index in [1.165, 1.54) is 0 Å². The van der Waals surface area contributed by atoms with Crippen molar-refractivity contribution in [1.29, 1.82) is 0 Å². The van der Waals surface area contributed by atoms with Gasteiger partial charge in [0.05, 0.1) is 11.3 Å². The number of carboxylic acids is 1. The van der Waals surface area contributed by atoms with Crippen molar-refractivity contribution in [2.75, 3.05) is 37.3 Å². The highest BCUT2D eigenvalue weighted by atomic mass is 32.2. The van der Waals surface area contributed by atoms with Crippen molar-refractivity contribution in [3.63, 3.8) is 0 Å². The third kappa shape index (κ3) is 3.52. The molecule has 0 spiro atoms. The normalized spacial score (nSPS) is 19.8. The topological polar surface area (TPSA) is 43.8 Å². The molecule has 116 valence electrons. The number of carbonyl (C=O) groups is 1. The minimum absolute atomic E-state index is 0.462. The van der Waals surface area contributed by atoms with Crippen molar-refractivity contribution >= 4 is 23.4 Å². The Morgan fingerprint density at radius 3 is 2.76 bits per heavy atom. The summed E-state index contributed by atoms with van der Waals surface area (Å²) < 4.78 is 0. The standard InChI is InChI=1S/C16H24N2O2S/c1-4-12-11-18(10-9-17(12)3)13-7-6-8-14(21-5-2)15(13)16(19)20/h6-8,12H,4-5,9-11H2,1-3H3,(H,19,20). The van der Waals surface area contributed by atoms with Crippen molar-refractivity contribution in [2.45, 2.75) is 31.2 Å². The highest BCUT2D eigenvalue weighted by molar-refractivity contribution is 7.99. The molecule has 1 heterocycles. The molecule has 21 heavy (non-hydrogen) atoms. The van der Waals surface area contributed by atoms with E-state index in [1.807, 2.05) is 25.1 Å². The number of piperazine rings is 1. The van der Waals surface area contributed by atoms with Gasteiger partial charge in [-0.2, -0.15) is 0 Å². The molecule has 1 aliphatic heterocycles. The number of aromatic carboxylic acids is 1. The van der Waals surface area contributed by atoms with Gasteiger partial charge < -0.3 is 10.0 Å². The van der Waals surface area contributed by atoms with Crippen LogP contribution in [0.5, 0.6) is 0 Å². The number of likely N-dealkylation sites (N-methyl/N-ethyl adjacent to an activating group) is 1. The van der Waals surface area contributed by atoms with Crippen molar-refractivity contribution in [3.05, 3.63) is 23.8 Å². The van der Waals surface area contributed by atoms with Crippen molar-refractivity contribution in [2.24, 2.45) is 0 Å². The van der Waals surface area contributed by atoms with Crippen LogP contribution in [0.3, 0.4) is 0 Å². The van der Waals surface area contributed by atoms with E-state index >= 15 is 0 Å². The third-order valence-corrected chi connectivity index (χ3v) is 5.05. The fraction of sp³-hybridized carbons (Fsp3) is 0.562. The average molecular weight is 308 g/mol. The second-order valence-corrected chi connectivity index (χ2v) is 6.68. The lowest BCUT2D eigenvalue weighted by molar-refractivity contribution is 0.0693. The van der Waals surface area contributed by atoms with Gasteiger partial charge in [0, 0.05) is 30.6 Å². The molecule has 1 aromatic carbocycles. The molecule has 1 saturated heterocycles. The summed E-state index contributed by atoms with van der Waals surface area (Å²) in [5.41, 5.74) is 1.33. The number of benzene rings is 1. The summed E-state index contributed by atoms with van der Waals surface area (Å²) >= 11 is 1.60. The van der Waals surface area contributed by atoms with Crippen molar-refractivity contribution in [3.8, 4) is 0 Å². The van der Waals surface area contributed by atoms with Crippen LogP contribution in [-0.4, -0.2) is 54.5 Å². The number of rotatable bonds is 5. The molecule has 1 N–H and O–H groups in total. The zero-order valence-corrected chi connectivity index (χ0v) is 13.8. The SMILES string of the molecule is CCSc1cccc(N2CCN(C)C(CC)C2)c1C(=O)O. The summed E-state index contributed by atoms with van der Waals surface area (Å²) in [5, 5.41) is 9.63. The Morgan fingerprint density at radius 2 is 2.14 bits per heavy atom. The first-order valence-corrected chi connectivity index (χ1v) is 8.51. The first kappa shape index (κ1) is 16.2. The minimum Gasteiger partial charge on any atom is -0.478 e. The second kappa shape index (κ2) is 7.18. The quantitative estimate of drug-likeness (QED) is 0.847. The Morgan fingerprint density at radius 1 is 1.38 bits per heavy atom. The van der Waals surface area contributed by atoms with Gasteiger partial charge in [0.25, 0.3) is 0 Å². The van der Waals surface area contributed by atoms with Crippen LogP contribution in [0.1, 0.15) is 30.6 Å². The zero-order valence-electron chi connectivity index (χ0n) is 13.0. The number of hydrogen-bond acceptors (Lipinski definition) is 4. The van der Waals surface area contributed by atoms with E-state index in [0.29, 0.717) is 11.6 Å². The number of carboxylic acid groups (broad SMARTS) is 1. The maximum absolute atomic E-state index is 11.7. The Balaban J connectivity index is 2.34. The predicted octanol–water partition coefficient (Wildman–Crippen LogP) is 3.03. The third-order valence-electron chi connectivity index (χ3n) is 4.11. The molecule has 1 aromatic rings. The summed E-state index contributed by atoms with van der Waals surface area (Å²) in [7, 11) is 2.15. The van der Waals surface area contributed by atoms with Gasteiger partial charge in [-0.15, -0.1) is 11.8 Å². The van der Waals surface area contributed by atoms with E-state index in [1.54, 1.807) is 11.8 Å². The molecule has 1 atom stereocenters. The van der Waals surface area contributed by atoms with E-state index in [4.69, 9.17) is 0 Å². The summed E-state index contributed by atoms with van der Waals surface area (Å²) in [4.78, 5) is 17.2. The van der Waals surface area contributed by atoms with Crippen LogP contribution in [-0.2, 0) is 0 Å². The number of nitrogens with zero attached hydrogens (tertiary/aromatic N) is 2. The second-order valence-electron chi connectivity index (χ2n) is 5.38. The van der Waals surface area contributed by atoms with Gasteiger partial charge in [0.1, 0.15) is 0 Å². The molecular weight excluding hydrogens is 284 g/mol. The van der Waals surface area contributed by atoms with Gasteiger partial charge in [-0.1, -0.05) is 19.9 Å². The van der Waals surface area contributed by atoms with Crippen molar-refractivity contribution < 1.29 is 9.90 Å². The van der Waals surface area contributed by atoms with Crippen LogP contribution >= 0.6 is 11.8 Å². The van der Waals surface area contributed by atoms with Gasteiger partial charge in [0.2, 0.25) is 0 Å². The average Bonchev–Trinajstić information content (AvgIpc) is 2.47. The molecular formula is C16H24N2O2S. The lowest BCUT2D eigenvalue weighted by atomic mass is 10.1. The summed E-state index contributed by atoms with van der Waals surface area (Å²) in [6.07, 6.45) is 1.08. The van der Waals surface area contributed by atoms with Crippen LogP contribution in [0.2, 0.25) is 0 Å². The fourth-order valence-corrected chi connectivity index (χ4v) is 3.70. The number of hydrogen-bond donors (Lipinski definition) is 1. The Kier molecular flexibility index (Phi) is 5.53. The molecule has 0 aromatic heterocycles. The first-order chi connectivity index (χ1) is 10.1. The Hall–Kier alpha value is -1.20. The monoisotopic (exact) mass is 308 g/mol. The van der Waals surface area contributed by atoms with Gasteiger partial charge in [0.15, 0.2) is 0 Å². The van der Waals surface area contributed by atoms with Crippen LogP contribution < -0.4 is 4.90 Å². The van der Waals surface area contributed by atoms with E-state index < -0.39 is 5.97 Å². The minimum atomic E-state index is -0.825. The summed E-state index contributed by atoms with van der Waals surface area (Å²) in [6.45, 7) is 6.99. The van der Waals surface area contributed by atoms with Gasteiger partial charge in [-0.05, 0) is 31.4 Å². The van der Waals surface area contributed by atoms with Crippen LogP contribution in [0.15, 0.2) is 23.1 Å². The van der Waals surface area contributed by atoms with Crippen LogP contribution in [0.4, 0.5) is 5.69 Å². The zero-order chi connectivity index (χ0) is 15.4. The van der Waals surface area contributed by atoms with E-state index in [0.717, 1.165) is 42.4 Å². The summed E-state index contributed by atoms with van der Waals surface area (Å²) in [6, 6.07) is 6.32. The Labute approximate surface area is 131 Å². The molecule has 5 heteroatoms. The molecule has 0 radical (unpaired) electrons. The largest absolute Gasteiger partial charge is 0.478 e. The molecule has 1 fully saturated rings. The van der Waals surface area contributed by atoms with E-state index in [9.17, 15) is 9.90 Å². The Bertz CT molecular complexity index is 507. The van der Waals surface area contributed by atoms with Crippen molar-refractivity contribution in [1.82, 2.24) is 4.90 Å². The molecule has 0 saturated carbocycles. The highest BCUT2D eigenvalue weighted by Crippen LogP contribution is 2.32. The van der Waals surface area contributed by atoms with E-state index in [2.05, 4.69) is 23.8 Å². The molecule has 0 bridgehead atoms. The lowest BCUT2D eigenvalue weighted by Gasteiger charge is -2.41. The summed E-state index contributed by atoms with van der Waals surface area (Å²) in [5.74, 6) is 0.0536. The lowest BCUT2D eigenvalue weighted by Crippen LogP contribution is -2.51. The molecule has 2 rings (SSSR count). The molecule has 0 amide bonds. The van der Waals surface area contributed by atoms with Gasteiger partial charge in [-0.3, -0.25) is 4.90 Å². The smallest absolute Gasteiger partial charge is 0.338 e. The van der Waals surface area contributed by atoms with Crippen LogP contribution in [0, 0.1) is 0 Å². The highest BCUT2D eigenvalue weighted by Gasteiger charge is 2.26.